The maximum atomic E-state index is 5.50. The van der Waals surface area contributed by atoms with Crippen molar-refractivity contribution in [3.63, 3.8) is 0 Å². The van der Waals surface area contributed by atoms with E-state index in [0.29, 0.717) is 6.61 Å². The molecule has 1 aromatic rings. The molecule has 1 aromatic carbocycles. The fourth-order valence-corrected chi connectivity index (χ4v) is 2.77. The van der Waals surface area contributed by atoms with Crippen LogP contribution in [-0.4, -0.2) is 50.8 Å². The molecule has 0 unspecified atom stereocenters. The van der Waals surface area contributed by atoms with Crippen LogP contribution in [0.25, 0.3) is 0 Å². The third-order valence-electron chi connectivity index (χ3n) is 4.10. The van der Waals surface area contributed by atoms with E-state index in [1.807, 2.05) is 19.1 Å². The second-order valence-corrected chi connectivity index (χ2v) is 6.11. The second-order valence-electron chi connectivity index (χ2n) is 6.11. The van der Waals surface area contributed by atoms with Crippen molar-refractivity contribution in [3.05, 3.63) is 41.5 Å². The van der Waals surface area contributed by atoms with Crippen molar-refractivity contribution >= 4 is 29.9 Å². The third kappa shape index (κ3) is 7.95. The lowest BCUT2D eigenvalue weighted by atomic mass is 10.1. The Morgan fingerprint density at radius 2 is 2.04 bits per heavy atom. The molecular weight excluding hydrogens is 441 g/mol. The van der Waals surface area contributed by atoms with Gasteiger partial charge in [0, 0.05) is 26.7 Å². The topological polar surface area (TPSA) is 46.1 Å². The van der Waals surface area contributed by atoms with Gasteiger partial charge >= 0.3 is 0 Å². The van der Waals surface area contributed by atoms with Crippen molar-refractivity contribution in [1.82, 2.24) is 10.2 Å². The molecule has 1 N–H and O–H groups in total. The van der Waals surface area contributed by atoms with Crippen LogP contribution in [0.3, 0.4) is 0 Å². The number of halogens is 1. The molecule has 0 atom stereocenters. The molecule has 0 saturated heterocycles. The number of rotatable bonds is 8. The molecule has 1 aliphatic rings. The van der Waals surface area contributed by atoms with Crippen LogP contribution in [0.5, 0.6) is 5.75 Å². The highest BCUT2D eigenvalue weighted by molar-refractivity contribution is 14.0. The first-order chi connectivity index (χ1) is 12.2. The van der Waals surface area contributed by atoms with Crippen LogP contribution in [0, 0.1) is 0 Å². The van der Waals surface area contributed by atoms with Crippen LogP contribution in [0.15, 0.2) is 40.9 Å². The summed E-state index contributed by atoms with van der Waals surface area (Å²) in [5.41, 5.74) is 2.70. The van der Waals surface area contributed by atoms with Gasteiger partial charge in [0.2, 0.25) is 0 Å². The molecule has 0 bridgehead atoms. The number of aliphatic imine (C=N–C) groups is 1. The van der Waals surface area contributed by atoms with Crippen LogP contribution >= 0.6 is 24.0 Å². The Morgan fingerprint density at radius 3 is 2.65 bits per heavy atom. The van der Waals surface area contributed by atoms with E-state index in [4.69, 9.17) is 14.5 Å². The molecule has 0 spiro atoms. The number of nitrogens with zero attached hydrogens (tertiary/aromatic N) is 2. The highest BCUT2D eigenvalue weighted by Crippen LogP contribution is 2.14. The Bertz CT molecular complexity index is 573. The summed E-state index contributed by atoms with van der Waals surface area (Å²) >= 11 is 0. The van der Waals surface area contributed by atoms with Crippen molar-refractivity contribution in [1.29, 1.82) is 0 Å². The highest BCUT2D eigenvalue weighted by atomic mass is 127. The van der Waals surface area contributed by atoms with Crippen molar-refractivity contribution < 1.29 is 9.47 Å². The van der Waals surface area contributed by atoms with E-state index >= 15 is 0 Å². The number of guanidine groups is 1. The standard InChI is InChI=1S/C20H31N3O2.HI/c1-4-21-20(22-13-10-17-11-14-24-15-12-17)23(3)16-18-6-8-19(9-7-18)25-5-2;/h6-9,11H,4-5,10,12-16H2,1-3H3,(H,21,22);1H. The van der Waals surface area contributed by atoms with E-state index in [1.54, 1.807) is 0 Å². The molecular formula is C20H32IN3O2. The van der Waals surface area contributed by atoms with Gasteiger partial charge in [-0.25, -0.2) is 0 Å². The van der Waals surface area contributed by atoms with Crippen LogP contribution in [0.1, 0.15) is 32.3 Å². The Labute approximate surface area is 174 Å². The zero-order chi connectivity index (χ0) is 17.9. The minimum atomic E-state index is 0. The van der Waals surface area contributed by atoms with E-state index in [9.17, 15) is 0 Å². The largest absolute Gasteiger partial charge is 0.494 e. The third-order valence-corrected chi connectivity index (χ3v) is 4.10. The van der Waals surface area contributed by atoms with Crippen LogP contribution in [0.2, 0.25) is 0 Å². The normalized spacial score (nSPS) is 14.3. The lowest BCUT2D eigenvalue weighted by Gasteiger charge is -2.22. The molecule has 1 aliphatic heterocycles. The van der Waals surface area contributed by atoms with Crippen LogP contribution in [-0.2, 0) is 11.3 Å². The fourth-order valence-electron chi connectivity index (χ4n) is 2.77. The average Bonchev–Trinajstić information content (AvgIpc) is 2.64. The van der Waals surface area contributed by atoms with E-state index in [1.165, 1.54) is 11.1 Å². The molecule has 0 aliphatic carbocycles. The first-order valence-corrected chi connectivity index (χ1v) is 9.19. The number of hydrogen-bond acceptors (Lipinski definition) is 3. The molecule has 146 valence electrons. The molecule has 2 rings (SSSR count). The summed E-state index contributed by atoms with van der Waals surface area (Å²) in [6.45, 7) is 8.86. The lowest BCUT2D eigenvalue weighted by Crippen LogP contribution is -2.38. The van der Waals surface area contributed by atoms with Crippen LogP contribution < -0.4 is 10.1 Å². The molecule has 1 heterocycles. The van der Waals surface area contributed by atoms with E-state index in [-0.39, 0.29) is 24.0 Å². The average molecular weight is 473 g/mol. The molecule has 0 fully saturated rings. The maximum absolute atomic E-state index is 5.50. The highest BCUT2D eigenvalue weighted by Gasteiger charge is 2.08. The van der Waals surface area contributed by atoms with Gasteiger partial charge in [-0.1, -0.05) is 23.8 Å². The zero-order valence-electron chi connectivity index (χ0n) is 16.2. The maximum Gasteiger partial charge on any atom is 0.193 e. The fraction of sp³-hybridized carbons (Fsp3) is 0.550. The van der Waals surface area contributed by atoms with Gasteiger partial charge in [0.25, 0.3) is 0 Å². The van der Waals surface area contributed by atoms with Gasteiger partial charge in [-0.3, -0.25) is 4.99 Å². The number of ether oxygens (including phenoxy) is 2. The van der Waals surface area contributed by atoms with Crippen molar-refractivity contribution in [2.75, 3.05) is 40.0 Å². The predicted molar refractivity (Wildman–Crippen MR) is 119 cm³/mol. The Kier molecular flexibility index (Phi) is 11.4. The monoisotopic (exact) mass is 473 g/mol. The number of benzene rings is 1. The summed E-state index contributed by atoms with van der Waals surface area (Å²) in [7, 11) is 2.08. The predicted octanol–water partition coefficient (Wildman–Crippen LogP) is 3.84. The molecule has 5 nitrogen and oxygen atoms in total. The van der Waals surface area contributed by atoms with Crippen molar-refractivity contribution in [2.24, 2.45) is 4.99 Å². The van der Waals surface area contributed by atoms with Gasteiger partial charge in [0.15, 0.2) is 5.96 Å². The second kappa shape index (κ2) is 13.0. The summed E-state index contributed by atoms with van der Waals surface area (Å²) in [4.78, 5) is 6.94. The van der Waals surface area contributed by atoms with Crippen LogP contribution in [0.4, 0.5) is 0 Å². The van der Waals surface area contributed by atoms with Crippen molar-refractivity contribution in [2.45, 2.75) is 33.2 Å². The molecule has 0 radical (unpaired) electrons. The molecule has 26 heavy (non-hydrogen) atoms. The first kappa shape index (κ1) is 22.8. The summed E-state index contributed by atoms with van der Waals surface area (Å²) in [6, 6.07) is 8.26. The summed E-state index contributed by atoms with van der Waals surface area (Å²) in [5.74, 6) is 1.86. The Balaban J connectivity index is 0.00000338. The number of nitrogens with one attached hydrogen (secondary N) is 1. The summed E-state index contributed by atoms with van der Waals surface area (Å²) < 4.78 is 10.9. The number of hydrogen-bond donors (Lipinski definition) is 1. The molecule has 0 amide bonds. The van der Waals surface area contributed by atoms with E-state index in [2.05, 4.69) is 42.4 Å². The zero-order valence-corrected chi connectivity index (χ0v) is 18.5. The van der Waals surface area contributed by atoms with Crippen molar-refractivity contribution in [3.8, 4) is 5.75 Å². The molecule has 0 aromatic heterocycles. The summed E-state index contributed by atoms with van der Waals surface area (Å²) in [6.07, 6.45) is 4.23. The Hall–Kier alpha value is -1.28. The van der Waals surface area contributed by atoms with Gasteiger partial charge in [-0.05, 0) is 44.4 Å². The van der Waals surface area contributed by atoms with Gasteiger partial charge in [-0.2, -0.15) is 0 Å². The molecule has 6 heteroatoms. The SMILES string of the molecule is CCNC(=NCCC1=CCOCC1)N(C)Cc1ccc(OCC)cc1.I. The smallest absolute Gasteiger partial charge is 0.193 e. The first-order valence-electron chi connectivity index (χ1n) is 9.19. The minimum absolute atomic E-state index is 0. The Morgan fingerprint density at radius 1 is 1.27 bits per heavy atom. The minimum Gasteiger partial charge on any atom is -0.494 e. The molecule has 0 saturated carbocycles. The van der Waals surface area contributed by atoms with Gasteiger partial charge in [0.05, 0.1) is 19.8 Å². The lowest BCUT2D eigenvalue weighted by molar-refractivity contribution is 0.153. The van der Waals surface area contributed by atoms with Gasteiger partial charge < -0.3 is 19.7 Å². The summed E-state index contributed by atoms with van der Waals surface area (Å²) in [5, 5.41) is 3.38. The van der Waals surface area contributed by atoms with Gasteiger partial charge in [0.1, 0.15) is 5.75 Å². The van der Waals surface area contributed by atoms with Gasteiger partial charge in [-0.15, -0.1) is 24.0 Å². The van der Waals surface area contributed by atoms with E-state index < -0.39 is 0 Å². The quantitative estimate of drug-likeness (QED) is 0.270. The van der Waals surface area contributed by atoms with E-state index in [0.717, 1.165) is 57.4 Å².